The fraction of sp³-hybridized carbons (Fsp3) is 0. The molecule has 148 valence electrons. The number of rotatable bonds is 4. The van der Waals surface area contributed by atoms with Crippen LogP contribution in [0.3, 0.4) is 0 Å². The lowest BCUT2D eigenvalue weighted by atomic mass is 9.94. The van der Waals surface area contributed by atoms with E-state index in [4.69, 9.17) is 11.6 Å². The fourth-order valence-corrected chi connectivity index (χ4v) is 3.87. The van der Waals surface area contributed by atoms with Gasteiger partial charge in [-0.05, 0) is 69.2 Å². The Morgan fingerprint density at radius 3 is 1.45 bits per heavy atom. The van der Waals surface area contributed by atoms with Crippen molar-refractivity contribution in [2.45, 2.75) is 0 Å². The molecule has 3 heteroatoms. The Labute approximate surface area is 186 Å². The molecule has 1 aromatic heterocycles. The predicted molar refractivity (Wildman–Crippen MR) is 129 cm³/mol. The van der Waals surface area contributed by atoms with Gasteiger partial charge in [-0.2, -0.15) is 0 Å². The molecule has 5 rings (SSSR count). The summed E-state index contributed by atoms with van der Waals surface area (Å²) >= 11 is 6.06. The van der Waals surface area contributed by atoms with Gasteiger partial charge in [0, 0.05) is 11.8 Å². The number of aromatic nitrogens is 2. The Morgan fingerprint density at radius 1 is 0.452 bits per heavy atom. The van der Waals surface area contributed by atoms with E-state index >= 15 is 0 Å². The molecular weight excluding hydrogens is 400 g/mol. The van der Waals surface area contributed by atoms with E-state index in [1.165, 1.54) is 11.1 Å². The molecule has 0 aliphatic heterocycles. The van der Waals surface area contributed by atoms with Crippen molar-refractivity contribution in [1.29, 1.82) is 0 Å². The first-order valence-electron chi connectivity index (χ1n) is 10.1. The van der Waals surface area contributed by atoms with Crippen molar-refractivity contribution in [3.8, 4) is 44.6 Å². The Bertz CT molecular complexity index is 1310. The number of hydrogen-bond donors (Lipinski definition) is 0. The number of hydrogen-bond acceptors (Lipinski definition) is 2. The van der Waals surface area contributed by atoms with Gasteiger partial charge in [0.15, 0.2) is 0 Å². The maximum absolute atomic E-state index is 6.06. The first kappa shape index (κ1) is 19.2. The van der Waals surface area contributed by atoms with Gasteiger partial charge in [-0.3, -0.25) is 0 Å². The summed E-state index contributed by atoms with van der Waals surface area (Å²) in [7, 11) is 0. The summed E-state index contributed by atoms with van der Waals surface area (Å²) in [6.07, 6.45) is 1.69. The van der Waals surface area contributed by atoms with Crippen LogP contribution in [-0.4, -0.2) is 9.97 Å². The molecule has 0 radical (unpaired) electrons. The molecule has 0 N–H and O–H groups in total. The van der Waals surface area contributed by atoms with Crippen molar-refractivity contribution >= 4 is 11.6 Å². The fourth-order valence-electron chi connectivity index (χ4n) is 3.72. The van der Waals surface area contributed by atoms with Crippen molar-refractivity contribution in [3.05, 3.63) is 121 Å². The van der Waals surface area contributed by atoms with Gasteiger partial charge in [-0.1, -0.05) is 84.9 Å². The highest BCUT2D eigenvalue weighted by atomic mass is 35.5. The minimum Gasteiger partial charge on any atom is -0.226 e. The van der Waals surface area contributed by atoms with Gasteiger partial charge in [-0.15, -0.1) is 0 Å². The molecule has 0 saturated carbocycles. The van der Waals surface area contributed by atoms with Crippen molar-refractivity contribution in [1.82, 2.24) is 9.97 Å². The van der Waals surface area contributed by atoms with Gasteiger partial charge in [0.25, 0.3) is 0 Å². The van der Waals surface area contributed by atoms with Crippen molar-refractivity contribution < 1.29 is 0 Å². The highest BCUT2D eigenvalue weighted by molar-refractivity contribution is 6.28. The van der Waals surface area contributed by atoms with Gasteiger partial charge in [-0.25, -0.2) is 9.97 Å². The van der Waals surface area contributed by atoms with Crippen molar-refractivity contribution in [2.75, 3.05) is 0 Å². The van der Waals surface area contributed by atoms with E-state index in [-0.39, 0.29) is 5.28 Å². The summed E-state index contributed by atoms with van der Waals surface area (Å²) in [6, 6.07) is 37.9. The number of halogens is 1. The maximum Gasteiger partial charge on any atom is 0.222 e. The zero-order chi connectivity index (χ0) is 21.0. The minimum atomic E-state index is 0.247. The van der Waals surface area contributed by atoms with E-state index in [9.17, 15) is 0 Å². The lowest BCUT2D eigenvalue weighted by Gasteiger charge is -2.11. The third-order valence-electron chi connectivity index (χ3n) is 5.29. The van der Waals surface area contributed by atoms with Crippen LogP contribution in [0.25, 0.3) is 44.6 Å². The maximum atomic E-state index is 6.06. The average Bonchev–Trinajstić information content (AvgIpc) is 2.85. The second kappa shape index (κ2) is 8.55. The molecule has 2 nitrogen and oxygen atoms in total. The number of nitrogens with zero attached hydrogens (tertiary/aromatic N) is 2. The molecule has 1 heterocycles. The topological polar surface area (TPSA) is 25.8 Å². The molecule has 0 amide bonds. The van der Waals surface area contributed by atoms with E-state index in [0.29, 0.717) is 0 Å². The Kier molecular flexibility index (Phi) is 5.30. The Hall–Kier alpha value is -3.75. The van der Waals surface area contributed by atoms with Gasteiger partial charge in [0.1, 0.15) is 0 Å². The largest absolute Gasteiger partial charge is 0.226 e. The summed E-state index contributed by atoms with van der Waals surface area (Å²) in [5.41, 5.74) is 8.80. The molecule has 0 spiro atoms. The first-order chi connectivity index (χ1) is 15.3. The summed E-state index contributed by atoms with van der Waals surface area (Å²) in [5, 5.41) is 0.247. The van der Waals surface area contributed by atoms with E-state index in [0.717, 1.165) is 33.5 Å². The van der Waals surface area contributed by atoms with Crippen LogP contribution in [0.1, 0.15) is 0 Å². The normalized spacial score (nSPS) is 10.7. The van der Waals surface area contributed by atoms with Gasteiger partial charge in [0.05, 0.1) is 5.69 Å². The van der Waals surface area contributed by atoms with E-state index < -0.39 is 0 Å². The Morgan fingerprint density at radius 2 is 0.903 bits per heavy atom. The molecule has 0 atom stereocenters. The monoisotopic (exact) mass is 418 g/mol. The van der Waals surface area contributed by atoms with Crippen LogP contribution in [0.15, 0.2) is 115 Å². The van der Waals surface area contributed by atoms with Crippen LogP contribution in [0.5, 0.6) is 0 Å². The highest BCUT2D eigenvalue weighted by Gasteiger charge is 2.09. The smallest absolute Gasteiger partial charge is 0.222 e. The summed E-state index contributed by atoms with van der Waals surface area (Å²) < 4.78 is 0. The van der Waals surface area contributed by atoms with Crippen molar-refractivity contribution in [2.24, 2.45) is 0 Å². The lowest BCUT2D eigenvalue weighted by Crippen LogP contribution is -1.90. The molecular formula is C28H19ClN2. The zero-order valence-corrected chi connectivity index (χ0v) is 17.5. The van der Waals surface area contributed by atoms with Crippen LogP contribution in [0, 0.1) is 0 Å². The standard InChI is InChI=1S/C28H19ClN2/c29-28-30-16-15-27(31-28)26-18-24(21-9-5-2-6-10-21)17-25(19-26)23-13-11-22(12-14-23)20-7-3-1-4-8-20/h1-19H. The molecule has 0 bridgehead atoms. The van der Waals surface area contributed by atoms with Crippen molar-refractivity contribution in [3.63, 3.8) is 0 Å². The molecule has 31 heavy (non-hydrogen) atoms. The van der Waals surface area contributed by atoms with E-state index in [1.807, 2.05) is 18.2 Å². The van der Waals surface area contributed by atoms with Crippen LogP contribution >= 0.6 is 11.6 Å². The molecule has 5 aromatic rings. The SMILES string of the molecule is Clc1nccc(-c2cc(-c3ccccc3)cc(-c3ccc(-c4ccccc4)cc3)c2)n1. The Balaban J connectivity index is 1.61. The second-order valence-electron chi connectivity index (χ2n) is 7.32. The van der Waals surface area contributed by atoms with Crippen LogP contribution in [0.2, 0.25) is 5.28 Å². The molecule has 4 aromatic carbocycles. The van der Waals surface area contributed by atoms with Crippen LogP contribution in [-0.2, 0) is 0 Å². The number of benzene rings is 4. The van der Waals surface area contributed by atoms with Gasteiger partial charge >= 0.3 is 0 Å². The van der Waals surface area contributed by atoms with Gasteiger partial charge in [0.2, 0.25) is 5.28 Å². The molecule has 0 saturated heterocycles. The molecule has 0 aliphatic carbocycles. The predicted octanol–water partition coefficient (Wildman–Crippen LogP) is 7.80. The minimum absolute atomic E-state index is 0.247. The van der Waals surface area contributed by atoms with E-state index in [1.54, 1.807) is 6.20 Å². The summed E-state index contributed by atoms with van der Waals surface area (Å²) in [5.74, 6) is 0. The van der Waals surface area contributed by atoms with E-state index in [2.05, 4.69) is 101 Å². The summed E-state index contributed by atoms with van der Waals surface area (Å²) in [6.45, 7) is 0. The quantitative estimate of drug-likeness (QED) is 0.278. The van der Waals surface area contributed by atoms with Crippen LogP contribution in [0.4, 0.5) is 0 Å². The third kappa shape index (κ3) is 4.25. The summed E-state index contributed by atoms with van der Waals surface area (Å²) in [4.78, 5) is 8.44. The highest BCUT2D eigenvalue weighted by Crippen LogP contribution is 2.33. The lowest BCUT2D eigenvalue weighted by molar-refractivity contribution is 1.17. The molecule has 0 aliphatic rings. The third-order valence-corrected chi connectivity index (χ3v) is 5.47. The molecule has 0 fully saturated rings. The first-order valence-corrected chi connectivity index (χ1v) is 10.5. The second-order valence-corrected chi connectivity index (χ2v) is 7.66. The van der Waals surface area contributed by atoms with Crippen LogP contribution < -0.4 is 0 Å². The van der Waals surface area contributed by atoms with Gasteiger partial charge < -0.3 is 0 Å². The molecule has 0 unspecified atom stereocenters. The average molecular weight is 419 g/mol. The zero-order valence-electron chi connectivity index (χ0n) is 16.7.